The zero-order chi connectivity index (χ0) is 12.8. The van der Waals surface area contributed by atoms with Gasteiger partial charge < -0.3 is 10.2 Å². The van der Waals surface area contributed by atoms with Gasteiger partial charge in [0.2, 0.25) is 0 Å². The Morgan fingerprint density at radius 1 is 0.889 bits per heavy atom. The SMILES string of the molecule is CC1(O)C(O)c2ccccc2C1c1ccccc1. The predicted molar refractivity (Wildman–Crippen MR) is 70.3 cm³/mol. The quantitative estimate of drug-likeness (QED) is 0.804. The molecule has 0 aromatic heterocycles. The fraction of sp³-hybridized carbons (Fsp3) is 0.250. The first-order chi connectivity index (χ1) is 8.62. The van der Waals surface area contributed by atoms with Crippen LogP contribution in [0.3, 0.4) is 0 Å². The molecule has 0 saturated heterocycles. The summed E-state index contributed by atoms with van der Waals surface area (Å²) in [5.41, 5.74) is 1.72. The summed E-state index contributed by atoms with van der Waals surface area (Å²) in [5, 5.41) is 20.9. The highest BCUT2D eigenvalue weighted by atomic mass is 16.3. The topological polar surface area (TPSA) is 40.5 Å². The van der Waals surface area contributed by atoms with Gasteiger partial charge in [0.1, 0.15) is 11.7 Å². The smallest absolute Gasteiger partial charge is 0.109 e. The molecule has 0 spiro atoms. The van der Waals surface area contributed by atoms with Crippen LogP contribution in [0.5, 0.6) is 0 Å². The number of fused-ring (bicyclic) bond motifs is 1. The standard InChI is InChI=1S/C16H16O2/c1-16(18)14(11-7-3-2-4-8-11)12-9-5-6-10-13(12)15(16)17/h2-10,14-15,17-18H,1H3. The van der Waals surface area contributed by atoms with Crippen molar-refractivity contribution in [2.45, 2.75) is 24.5 Å². The minimum absolute atomic E-state index is 0.176. The van der Waals surface area contributed by atoms with Crippen LogP contribution in [0, 0.1) is 0 Å². The van der Waals surface area contributed by atoms with E-state index in [1.54, 1.807) is 6.92 Å². The summed E-state index contributed by atoms with van der Waals surface area (Å²) < 4.78 is 0. The maximum absolute atomic E-state index is 10.6. The summed E-state index contributed by atoms with van der Waals surface area (Å²) in [7, 11) is 0. The van der Waals surface area contributed by atoms with Crippen LogP contribution in [0.25, 0.3) is 0 Å². The molecule has 2 aromatic carbocycles. The minimum atomic E-state index is -1.16. The van der Waals surface area contributed by atoms with E-state index in [1.165, 1.54) is 0 Å². The summed E-state index contributed by atoms with van der Waals surface area (Å²) in [4.78, 5) is 0. The van der Waals surface area contributed by atoms with Crippen molar-refractivity contribution in [2.24, 2.45) is 0 Å². The summed E-state index contributed by atoms with van der Waals surface area (Å²) in [6.07, 6.45) is -0.834. The summed E-state index contributed by atoms with van der Waals surface area (Å²) in [6.45, 7) is 1.70. The first-order valence-corrected chi connectivity index (χ1v) is 6.16. The molecule has 2 aromatic rings. The Morgan fingerprint density at radius 3 is 2.11 bits per heavy atom. The van der Waals surface area contributed by atoms with Crippen molar-refractivity contribution >= 4 is 0 Å². The second-order valence-corrected chi connectivity index (χ2v) is 5.10. The minimum Gasteiger partial charge on any atom is -0.386 e. The van der Waals surface area contributed by atoms with E-state index in [2.05, 4.69) is 0 Å². The van der Waals surface area contributed by atoms with Crippen molar-refractivity contribution in [3.63, 3.8) is 0 Å². The van der Waals surface area contributed by atoms with Gasteiger partial charge in [0.25, 0.3) is 0 Å². The van der Waals surface area contributed by atoms with Crippen LogP contribution in [0.4, 0.5) is 0 Å². The molecule has 0 heterocycles. The summed E-state index contributed by atoms with van der Waals surface area (Å²) in [6, 6.07) is 17.6. The highest BCUT2D eigenvalue weighted by Gasteiger charge is 2.48. The van der Waals surface area contributed by atoms with Gasteiger partial charge in [-0.2, -0.15) is 0 Å². The van der Waals surface area contributed by atoms with Crippen molar-refractivity contribution in [2.75, 3.05) is 0 Å². The van der Waals surface area contributed by atoms with E-state index >= 15 is 0 Å². The van der Waals surface area contributed by atoms with Gasteiger partial charge >= 0.3 is 0 Å². The lowest BCUT2D eigenvalue weighted by atomic mass is 9.83. The molecule has 18 heavy (non-hydrogen) atoms. The Labute approximate surface area is 107 Å². The molecule has 0 radical (unpaired) electrons. The molecule has 2 N–H and O–H groups in total. The molecular formula is C16H16O2. The largest absolute Gasteiger partial charge is 0.386 e. The average Bonchev–Trinajstić information content (AvgIpc) is 2.59. The molecule has 0 aliphatic heterocycles. The molecule has 0 saturated carbocycles. The Hall–Kier alpha value is -1.64. The molecule has 0 fully saturated rings. The number of rotatable bonds is 1. The van der Waals surface area contributed by atoms with E-state index in [4.69, 9.17) is 0 Å². The highest BCUT2D eigenvalue weighted by molar-refractivity contribution is 5.48. The van der Waals surface area contributed by atoms with Crippen LogP contribution in [0.1, 0.15) is 35.6 Å². The monoisotopic (exact) mass is 240 g/mol. The maximum Gasteiger partial charge on any atom is 0.109 e. The Bertz CT molecular complexity index is 560. The number of aliphatic hydroxyl groups excluding tert-OH is 1. The first-order valence-electron chi connectivity index (χ1n) is 6.16. The number of hydrogen-bond acceptors (Lipinski definition) is 2. The molecule has 2 heteroatoms. The third-order valence-corrected chi connectivity index (χ3v) is 3.87. The molecule has 92 valence electrons. The molecule has 0 bridgehead atoms. The van der Waals surface area contributed by atoms with Gasteiger partial charge in [0.15, 0.2) is 0 Å². The Balaban J connectivity index is 2.20. The zero-order valence-electron chi connectivity index (χ0n) is 10.2. The molecule has 3 atom stereocenters. The third-order valence-electron chi connectivity index (χ3n) is 3.87. The van der Waals surface area contributed by atoms with Crippen molar-refractivity contribution in [1.82, 2.24) is 0 Å². The highest BCUT2D eigenvalue weighted by Crippen LogP contribution is 2.50. The van der Waals surface area contributed by atoms with E-state index in [0.717, 1.165) is 16.7 Å². The second kappa shape index (κ2) is 3.94. The maximum atomic E-state index is 10.6. The number of benzene rings is 2. The van der Waals surface area contributed by atoms with Gasteiger partial charge in [-0.15, -0.1) is 0 Å². The fourth-order valence-electron chi connectivity index (χ4n) is 2.97. The van der Waals surface area contributed by atoms with Gasteiger partial charge in [-0.1, -0.05) is 54.6 Å². The van der Waals surface area contributed by atoms with E-state index < -0.39 is 11.7 Å². The molecular weight excluding hydrogens is 224 g/mol. The lowest BCUT2D eigenvalue weighted by Crippen LogP contribution is -2.34. The zero-order valence-corrected chi connectivity index (χ0v) is 10.2. The molecule has 1 aliphatic carbocycles. The van der Waals surface area contributed by atoms with Crippen molar-refractivity contribution in [3.8, 4) is 0 Å². The van der Waals surface area contributed by atoms with Crippen LogP contribution in [0.15, 0.2) is 54.6 Å². The van der Waals surface area contributed by atoms with Crippen molar-refractivity contribution in [1.29, 1.82) is 0 Å². The molecule has 2 nitrogen and oxygen atoms in total. The van der Waals surface area contributed by atoms with Crippen LogP contribution in [-0.2, 0) is 0 Å². The molecule has 1 aliphatic rings. The van der Waals surface area contributed by atoms with Gasteiger partial charge in [-0.05, 0) is 23.6 Å². The van der Waals surface area contributed by atoms with E-state index in [-0.39, 0.29) is 5.92 Å². The van der Waals surface area contributed by atoms with Gasteiger partial charge in [0.05, 0.1) is 0 Å². The summed E-state index contributed by atoms with van der Waals surface area (Å²) >= 11 is 0. The number of hydrogen-bond donors (Lipinski definition) is 2. The van der Waals surface area contributed by atoms with Gasteiger partial charge in [-0.3, -0.25) is 0 Å². The van der Waals surface area contributed by atoms with Crippen LogP contribution < -0.4 is 0 Å². The summed E-state index contributed by atoms with van der Waals surface area (Å²) in [5.74, 6) is -0.176. The average molecular weight is 240 g/mol. The first kappa shape index (κ1) is 11.5. The van der Waals surface area contributed by atoms with Crippen LogP contribution in [-0.4, -0.2) is 15.8 Å². The lowest BCUT2D eigenvalue weighted by Gasteiger charge is -2.29. The van der Waals surface area contributed by atoms with E-state index in [1.807, 2.05) is 54.6 Å². The van der Waals surface area contributed by atoms with Gasteiger partial charge in [0, 0.05) is 5.92 Å². The Kier molecular flexibility index (Phi) is 2.51. The third kappa shape index (κ3) is 1.50. The van der Waals surface area contributed by atoms with Crippen LogP contribution in [0.2, 0.25) is 0 Å². The predicted octanol–water partition coefficient (Wildman–Crippen LogP) is 2.62. The Morgan fingerprint density at radius 2 is 1.44 bits per heavy atom. The number of aliphatic hydroxyl groups is 2. The lowest BCUT2D eigenvalue weighted by molar-refractivity contribution is -0.0603. The van der Waals surface area contributed by atoms with Crippen molar-refractivity contribution < 1.29 is 10.2 Å². The normalized spacial score (nSPS) is 30.2. The fourth-order valence-corrected chi connectivity index (χ4v) is 2.97. The second-order valence-electron chi connectivity index (χ2n) is 5.10. The van der Waals surface area contributed by atoms with Crippen LogP contribution >= 0.6 is 0 Å². The van der Waals surface area contributed by atoms with Crippen molar-refractivity contribution in [3.05, 3.63) is 71.3 Å². The van der Waals surface area contributed by atoms with E-state index in [0.29, 0.717) is 0 Å². The molecule has 3 unspecified atom stereocenters. The van der Waals surface area contributed by atoms with E-state index in [9.17, 15) is 10.2 Å². The molecule has 0 amide bonds. The van der Waals surface area contributed by atoms with Gasteiger partial charge in [-0.25, -0.2) is 0 Å². The molecule has 3 rings (SSSR count).